The Morgan fingerprint density at radius 2 is 1.86 bits per heavy atom. The second kappa shape index (κ2) is 4.63. The number of hydrogen-bond donors (Lipinski definition) is 1. The van der Waals surface area contributed by atoms with Crippen LogP contribution in [0.2, 0.25) is 0 Å². The lowest BCUT2D eigenvalue weighted by molar-refractivity contribution is 0.171. The Balaban J connectivity index is 1.86. The molecule has 0 bridgehead atoms. The van der Waals surface area contributed by atoms with Crippen molar-refractivity contribution >= 4 is 16.6 Å². The number of benzene rings is 1. The first-order valence-electron chi connectivity index (χ1n) is 6.71. The van der Waals surface area contributed by atoms with Gasteiger partial charge in [-0.15, -0.1) is 0 Å². The third kappa shape index (κ3) is 2.03. The van der Waals surface area contributed by atoms with Crippen LogP contribution in [-0.4, -0.2) is 23.2 Å². The predicted molar refractivity (Wildman–Crippen MR) is 80.4 cm³/mol. The van der Waals surface area contributed by atoms with Crippen molar-refractivity contribution in [3.05, 3.63) is 42.7 Å². The molecule has 1 aliphatic rings. The van der Waals surface area contributed by atoms with Crippen molar-refractivity contribution < 1.29 is 9.47 Å². The molecule has 104 valence electrons. The van der Waals surface area contributed by atoms with Crippen LogP contribution in [0, 0.1) is 0 Å². The fraction of sp³-hybridized carbons (Fsp3) is 0.125. The van der Waals surface area contributed by atoms with E-state index in [9.17, 15) is 0 Å². The number of aromatic nitrogens is 2. The summed E-state index contributed by atoms with van der Waals surface area (Å²) in [5.74, 6) is 1.51. The smallest absolute Gasteiger partial charge is 0.162 e. The summed E-state index contributed by atoms with van der Waals surface area (Å²) in [4.78, 5) is 8.72. The van der Waals surface area contributed by atoms with Gasteiger partial charge >= 0.3 is 0 Å². The number of anilines is 1. The average molecular weight is 279 g/mol. The maximum Gasteiger partial charge on any atom is 0.162 e. The molecule has 2 aromatic heterocycles. The van der Waals surface area contributed by atoms with Crippen molar-refractivity contribution in [2.24, 2.45) is 0 Å². The van der Waals surface area contributed by atoms with Crippen molar-refractivity contribution in [2.45, 2.75) is 0 Å². The fourth-order valence-corrected chi connectivity index (χ4v) is 2.44. The molecule has 0 fully saturated rings. The Bertz CT molecular complexity index is 833. The minimum Gasteiger partial charge on any atom is -0.486 e. The summed E-state index contributed by atoms with van der Waals surface area (Å²) in [7, 11) is 0. The SMILES string of the molecule is Nc1cc(-c2ccc3c(c2)OCCO3)nc2ccncc12. The van der Waals surface area contributed by atoms with E-state index in [0.717, 1.165) is 33.7 Å². The lowest BCUT2D eigenvalue weighted by Gasteiger charge is -2.18. The largest absolute Gasteiger partial charge is 0.486 e. The molecule has 4 rings (SSSR count). The molecule has 1 aromatic carbocycles. The topological polar surface area (TPSA) is 70.3 Å². The van der Waals surface area contributed by atoms with Gasteiger partial charge in [0.25, 0.3) is 0 Å². The van der Waals surface area contributed by atoms with E-state index in [1.165, 1.54) is 0 Å². The number of fused-ring (bicyclic) bond motifs is 2. The Morgan fingerprint density at radius 3 is 2.76 bits per heavy atom. The molecule has 2 N–H and O–H groups in total. The van der Waals surface area contributed by atoms with Crippen LogP contribution in [0.25, 0.3) is 22.2 Å². The van der Waals surface area contributed by atoms with Gasteiger partial charge in [0, 0.05) is 29.0 Å². The zero-order chi connectivity index (χ0) is 14.2. The van der Waals surface area contributed by atoms with E-state index >= 15 is 0 Å². The van der Waals surface area contributed by atoms with E-state index in [0.29, 0.717) is 18.9 Å². The second-order valence-corrected chi connectivity index (χ2v) is 4.85. The number of nitrogens with two attached hydrogens (primary N) is 1. The van der Waals surface area contributed by atoms with Crippen LogP contribution in [0.15, 0.2) is 42.7 Å². The summed E-state index contributed by atoms with van der Waals surface area (Å²) < 4.78 is 11.1. The first-order chi connectivity index (χ1) is 10.3. The molecule has 0 atom stereocenters. The maximum atomic E-state index is 6.10. The predicted octanol–water partition coefficient (Wildman–Crippen LogP) is 2.65. The normalized spacial score (nSPS) is 13.3. The van der Waals surface area contributed by atoms with Crippen molar-refractivity contribution in [1.29, 1.82) is 0 Å². The quantitative estimate of drug-likeness (QED) is 0.741. The van der Waals surface area contributed by atoms with Gasteiger partial charge in [0.1, 0.15) is 13.2 Å². The molecule has 5 heteroatoms. The number of nitrogen functional groups attached to an aromatic ring is 1. The van der Waals surface area contributed by atoms with E-state index in [1.54, 1.807) is 12.4 Å². The van der Waals surface area contributed by atoms with Crippen LogP contribution < -0.4 is 15.2 Å². The number of nitrogens with zero attached hydrogens (tertiary/aromatic N) is 2. The number of rotatable bonds is 1. The summed E-state index contributed by atoms with van der Waals surface area (Å²) in [6, 6.07) is 9.51. The van der Waals surface area contributed by atoms with Crippen LogP contribution in [0.4, 0.5) is 5.69 Å². The van der Waals surface area contributed by atoms with Crippen molar-refractivity contribution in [3.8, 4) is 22.8 Å². The Morgan fingerprint density at radius 1 is 1.00 bits per heavy atom. The monoisotopic (exact) mass is 279 g/mol. The van der Waals surface area contributed by atoms with E-state index in [1.807, 2.05) is 30.3 Å². The van der Waals surface area contributed by atoms with Gasteiger partial charge in [-0.2, -0.15) is 0 Å². The van der Waals surface area contributed by atoms with Gasteiger partial charge in [-0.05, 0) is 30.3 Å². The van der Waals surface area contributed by atoms with Gasteiger partial charge in [-0.25, -0.2) is 4.98 Å². The van der Waals surface area contributed by atoms with Crippen molar-refractivity contribution in [1.82, 2.24) is 9.97 Å². The molecule has 0 amide bonds. The molecule has 0 radical (unpaired) electrons. The highest BCUT2D eigenvalue weighted by molar-refractivity contribution is 5.91. The second-order valence-electron chi connectivity index (χ2n) is 4.85. The van der Waals surface area contributed by atoms with E-state index in [4.69, 9.17) is 15.2 Å². The van der Waals surface area contributed by atoms with Gasteiger partial charge in [0.2, 0.25) is 0 Å². The average Bonchev–Trinajstić information content (AvgIpc) is 2.54. The summed E-state index contributed by atoms with van der Waals surface area (Å²) in [6.07, 6.45) is 3.44. The number of pyridine rings is 2. The molecule has 0 saturated carbocycles. The van der Waals surface area contributed by atoms with Gasteiger partial charge in [-0.1, -0.05) is 0 Å². The maximum absolute atomic E-state index is 6.10. The molecule has 3 aromatic rings. The van der Waals surface area contributed by atoms with Gasteiger partial charge in [-0.3, -0.25) is 4.98 Å². The molecule has 0 unspecified atom stereocenters. The lowest BCUT2D eigenvalue weighted by atomic mass is 10.1. The Hall–Kier alpha value is -2.82. The molecule has 5 nitrogen and oxygen atoms in total. The first kappa shape index (κ1) is 12.0. The summed E-state index contributed by atoms with van der Waals surface area (Å²) in [6.45, 7) is 1.15. The standard InChI is InChI=1S/C16H13N3O2/c17-12-8-14(19-13-3-4-18-9-11(12)13)10-1-2-15-16(7-10)21-6-5-20-15/h1-4,7-9H,5-6H2,(H2,17,19). The molecular weight excluding hydrogens is 266 g/mol. The number of hydrogen-bond acceptors (Lipinski definition) is 5. The highest BCUT2D eigenvalue weighted by Gasteiger charge is 2.13. The first-order valence-corrected chi connectivity index (χ1v) is 6.71. The van der Waals surface area contributed by atoms with Crippen molar-refractivity contribution in [2.75, 3.05) is 18.9 Å². The molecule has 0 spiro atoms. The van der Waals surface area contributed by atoms with Crippen LogP contribution in [-0.2, 0) is 0 Å². The van der Waals surface area contributed by atoms with E-state index < -0.39 is 0 Å². The van der Waals surface area contributed by atoms with Crippen LogP contribution >= 0.6 is 0 Å². The minimum absolute atomic E-state index is 0.565. The zero-order valence-electron chi connectivity index (χ0n) is 11.2. The molecule has 1 aliphatic heterocycles. The summed E-state index contributed by atoms with van der Waals surface area (Å²) >= 11 is 0. The van der Waals surface area contributed by atoms with Gasteiger partial charge in [0.15, 0.2) is 11.5 Å². The molecule has 21 heavy (non-hydrogen) atoms. The van der Waals surface area contributed by atoms with Gasteiger partial charge in [0.05, 0.1) is 11.2 Å². The molecule has 0 saturated heterocycles. The van der Waals surface area contributed by atoms with E-state index in [-0.39, 0.29) is 0 Å². The zero-order valence-corrected chi connectivity index (χ0v) is 11.2. The molecule has 3 heterocycles. The molecular formula is C16H13N3O2. The Labute approximate surface area is 121 Å². The van der Waals surface area contributed by atoms with Crippen LogP contribution in [0.3, 0.4) is 0 Å². The van der Waals surface area contributed by atoms with Crippen LogP contribution in [0.1, 0.15) is 0 Å². The summed E-state index contributed by atoms with van der Waals surface area (Å²) in [5, 5.41) is 0.860. The lowest BCUT2D eigenvalue weighted by Crippen LogP contribution is -2.15. The Kier molecular flexibility index (Phi) is 2.64. The fourth-order valence-electron chi connectivity index (χ4n) is 2.44. The van der Waals surface area contributed by atoms with Crippen LogP contribution in [0.5, 0.6) is 11.5 Å². The molecule has 0 aliphatic carbocycles. The van der Waals surface area contributed by atoms with Gasteiger partial charge < -0.3 is 15.2 Å². The third-order valence-corrected chi connectivity index (χ3v) is 3.48. The van der Waals surface area contributed by atoms with E-state index in [2.05, 4.69) is 9.97 Å². The number of ether oxygens (including phenoxy) is 2. The highest BCUT2D eigenvalue weighted by Crippen LogP contribution is 2.35. The third-order valence-electron chi connectivity index (χ3n) is 3.48. The van der Waals surface area contributed by atoms with Crippen molar-refractivity contribution in [3.63, 3.8) is 0 Å². The minimum atomic E-state index is 0.565. The highest BCUT2D eigenvalue weighted by atomic mass is 16.6. The summed E-state index contributed by atoms with van der Waals surface area (Å²) in [5.41, 5.74) is 9.35.